The number of ether oxygens (including phenoxy) is 2. The number of methoxy groups -OCH3 is 2. The van der Waals surface area contributed by atoms with E-state index in [0.29, 0.717) is 29.2 Å². The van der Waals surface area contributed by atoms with Gasteiger partial charge < -0.3 is 25.0 Å². The summed E-state index contributed by atoms with van der Waals surface area (Å²) in [6.07, 6.45) is 0.296. The monoisotopic (exact) mass is 516 g/mol. The average molecular weight is 517 g/mol. The first-order valence-corrected chi connectivity index (χ1v) is 11.6. The van der Waals surface area contributed by atoms with Crippen LogP contribution in [0.5, 0.6) is 17.2 Å². The molecular formula is C27H24N4O7-2. The Balaban J connectivity index is 1.70. The molecule has 4 aromatic carbocycles. The van der Waals surface area contributed by atoms with Crippen molar-refractivity contribution in [1.29, 1.82) is 0 Å². The van der Waals surface area contributed by atoms with Gasteiger partial charge in [-0.05, 0) is 52.2 Å². The molecule has 11 heteroatoms. The molecule has 1 heterocycles. The van der Waals surface area contributed by atoms with E-state index in [2.05, 4.69) is 0 Å². The van der Waals surface area contributed by atoms with Crippen molar-refractivity contribution < 1.29 is 30.2 Å². The van der Waals surface area contributed by atoms with E-state index >= 15 is 0 Å². The maximum absolute atomic E-state index is 13.1. The van der Waals surface area contributed by atoms with Crippen LogP contribution in [0.15, 0.2) is 77.9 Å². The predicted molar refractivity (Wildman–Crippen MR) is 139 cm³/mol. The Kier molecular flexibility index (Phi) is 6.66. The third kappa shape index (κ3) is 4.40. The summed E-state index contributed by atoms with van der Waals surface area (Å²) in [4.78, 5) is 0. The summed E-state index contributed by atoms with van der Waals surface area (Å²) in [6, 6.07) is 19.4. The fourth-order valence-corrected chi connectivity index (χ4v) is 4.74. The molecule has 1 atom stereocenters. The van der Waals surface area contributed by atoms with Crippen molar-refractivity contribution >= 4 is 33.5 Å². The van der Waals surface area contributed by atoms with Gasteiger partial charge in [0.25, 0.3) is 0 Å². The molecule has 0 saturated heterocycles. The first-order chi connectivity index (χ1) is 18.3. The summed E-state index contributed by atoms with van der Waals surface area (Å²) in [5.74, 6) is 0.814. The lowest BCUT2D eigenvalue weighted by atomic mass is 9.94. The van der Waals surface area contributed by atoms with Crippen LogP contribution in [0.25, 0.3) is 10.8 Å². The summed E-state index contributed by atoms with van der Waals surface area (Å²) < 4.78 is 10.8. The molecule has 0 saturated carbocycles. The second-order valence-corrected chi connectivity index (χ2v) is 8.62. The third-order valence-electron chi connectivity index (χ3n) is 6.52. The minimum Gasteiger partial charge on any atom is -0.872 e. The number of nitrogens with zero attached hydrogens (tertiary/aromatic N) is 4. The van der Waals surface area contributed by atoms with E-state index < -0.39 is 6.04 Å². The van der Waals surface area contributed by atoms with Gasteiger partial charge in [-0.2, -0.15) is 5.10 Å². The first kappa shape index (κ1) is 25.1. The Morgan fingerprint density at radius 3 is 2.39 bits per heavy atom. The first-order valence-electron chi connectivity index (χ1n) is 11.6. The molecule has 38 heavy (non-hydrogen) atoms. The molecule has 0 bridgehead atoms. The van der Waals surface area contributed by atoms with Crippen molar-refractivity contribution in [3.63, 3.8) is 0 Å². The molecule has 1 unspecified atom stereocenters. The maximum atomic E-state index is 13.1. The van der Waals surface area contributed by atoms with Crippen molar-refractivity contribution in [2.45, 2.75) is 12.5 Å². The summed E-state index contributed by atoms with van der Waals surface area (Å²) in [7, 11) is 3.05. The van der Waals surface area contributed by atoms with E-state index in [1.807, 2.05) is 30.3 Å². The van der Waals surface area contributed by atoms with Crippen LogP contribution in [-0.2, 0) is 0 Å². The van der Waals surface area contributed by atoms with Gasteiger partial charge in [0.05, 0.1) is 37.3 Å². The number of anilines is 3. The van der Waals surface area contributed by atoms with Gasteiger partial charge in [-0.25, -0.2) is 0 Å². The Hall–Kier alpha value is -4.55. The lowest BCUT2D eigenvalue weighted by molar-refractivity contribution is -0.268. The molecule has 196 valence electrons. The number of hydrogen-bond donors (Lipinski definition) is 3. The van der Waals surface area contributed by atoms with E-state index in [1.165, 1.54) is 32.4 Å². The van der Waals surface area contributed by atoms with Gasteiger partial charge in [0.2, 0.25) is 0 Å². The Labute approximate surface area is 217 Å². The van der Waals surface area contributed by atoms with Crippen LogP contribution in [0.4, 0.5) is 17.1 Å². The van der Waals surface area contributed by atoms with Crippen LogP contribution in [0.3, 0.4) is 0 Å². The molecule has 0 spiro atoms. The van der Waals surface area contributed by atoms with Crippen LogP contribution >= 0.6 is 0 Å². The summed E-state index contributed by atoms with van der Waals surface area (Å²) in [5, 5.41) is 61.3. The zero-order valence-electron chi connectivity index (χ0n) is 20.5. The van der Waals surface area contributed by atoms with Gasteiger partial charge in [-0.15, -0.1) is 5.23 Å². The lowest BCUT2D eigenvalue weighted by Crippen LogP contribution is -2.23. The van der Waals surface area contributed by atoms with Gasteiger partial charge in [-0.3, -0.25) is 20.6 Å². The molecule has 0 aromatic heterocycles. The van der Waals surface area contributed by atoms with Gasteiger partial charge in [0.15, 0.2) is 11.5 Å². The van der Waals surface area contributed by atoms with Gasteiger partial charge in [0.1, 0.15) is 5.69 Å². The topological polar surface area (TPSA) is 147 Å². The molecule has 5 rings (SSSR count). The van der Waals surface area contributed by atoms with Crippen LogP contribution in [0, 0.1) is 5.21 Å². The SMILES string of the molecule is COc1ccc(C2CC(c3c([O-])ccc4ccccc34)=NN2c2ccc(N([O-])O)cc2N(O)O)cc1OC. The van der Waals surface area contributed by atoms with Gasteiger partial charge in [-0.1, -0.05) is 48.2 Å². The van der Waals surface area contributed by atoms with Crippen LogP contribution in [0.2, 0.25) is 0 Å². The van der Waals surface area contributed by atoms with Crippen molar-refractivity contribution in [2.24, 2.45) is 5.10 Å². The largest absolute Gasteiger partial charge is 0.872 e. The number of hydrazone groups is 1. The van der Waals surface area contributed by atoms with E-state index in [-0.39, 0.29) is 33.3 Å². The van der Waals surface area contributed by atoms with Crippen molar-refractivity contribution in [3.05, 3.63) is 89.1 Å². The zero-order chi connectivity index (χ0) is 27.0. The molecule has 11 nitrogen and oxygen atoms in total. The fraction of sp³-hybridized carbons (Fsp3) is 0.148. The summed E-state index contributed by atoms with van der Waals surface area (Å²) in [5.41, 5.74) is 1.46. The van der Waals surface area contributed by atoms with Crippen molar-refractivity contribution in [2.75, 3.05) is 29.7 Å². The lowest BCUT2D eigenvalue weighted by Gasteiger charge is -2.29. The predicted octanol–water partition coefficient (Wildman–Crippen LogP) is 4.56. The normalized spacial score (nSPS) is 14.9. The fourth-order valence-electron chi connectivity index (χ4n) is 4.74. The van der Waals surface area contributed by atoms with E-state index in [0.717, 1.165) is 22.4 Å². The van der Waals surface area contributed by atoms with Gasteiger partial charge in [0, 0.05) is 6.42 Å². The van der Waals surface area contributed by atoms with E-state index in [1.54, 1.807) is 23.2 Å². The summed E-state index contributed by atoms with van der Waals surface area (Å²) >= 11 is 0. The van der Waals surface area contributed by atoms with Crippen LogP contribution in [-0.4, -0.2) is 35.6 Å². The molecule has 1 aliphatic heterocycles. The van der Waals surface area contributed by atoms with Crippen molar-refractivity contribution in [1.82, 2.24) is 0 Å². The van der Waals surface area contributed by atoms with E-state index in [9.17, 15) is 25.9 Å². The number of hydrogen-bond acceptors (Lipinski definition) is 11. The Morgan fingerprint density at radius 1 is 0.921 bits per heavy atom. The van der Waals surface area contributed by atoms with Crippen molar-refractivity contribution in [3.8, 4) is 17.2 Å². The van der Waals surface area contributed by atoms with Crippen LogP contribution < -0.4 is 30.0 Å². The maximum Gasteiger partial charge on any atom is 0.161 e. The number of benzene rings is 4. The minimum atomic E-state index is -0.509. The highest BCUT2D eigenvalue weighted by molar-refractivity contribution is 6.14. The third-order valence-corrected chi connectivity index (χ3v) is 6.52. The standard InChI is InChI=1S/C27H25N4O7/c1-37-25-12-8-17(13-26(25)38-2)22-15-20(27-19-6-4-3-5-16(19)7-11-24(27)32)28-29(22)21-10-9-18(30(33)34)14-23(21)31(35)36/h3-14,22,32-33,35-36H,15H2,1-2H3/q-1/p-1. The number of fused-ring (bicyclic) bond motifs is 1. The Bertz CT molecular complexity index is 1520. The van der Waals surface area contributed by atoms with E-state index in [4.69, 9.17) is 14.6 Å². The second kappa shape index (κ2) is 10.1. The molecule has 0 amide bonds. The second-order valence-electron chi connectivity index (χ2n) is 8.62. The molecule has 0 aliphatic carbocycles. The molecule has 4 aromatic rings. The molecule has 0 fully saturated rings. The zero-order valence-corrected chi connectivity index (χ0v) is 20.5. The van der Waals surface area contributed by atoms with Crippen LogP contribution in [0.1, 0.15) is 23.6 Å². The quantitative estimate of drug-likeness (QED) is 0.299. The number of rotatable bonds is 7. The smallest absolute Gasteiger partial charge is 0.161 e. The molecular weight excluding hydrogens is 492 g/mol. The Morgan fingerprint density at radius 2 is 1.68 bits per heavy atom. The molecule has 1 aliphatic rings. The molecule has 3 N–H and O–H groups in total. The highest BCUT2D eigenvalue weighted by Gasteiger charge is 2.33. The minimum absolute atomic E-state index is 0.154. The average Bonchev–Trinajstić information content (AvgIpc) is 3.36. The highest BCUT2D eigenvalue weighted by Crippen LogP contribution is 2.44. The summed E-state index contributed by atoms with van der Waals surface area (Å²) in [6.45, 7) is 0. The van der Waals surface area contributed by atoms with Gasteiger partial charge >= 0.3 is 0 Å². The highest BCUT2D eigenvalue weighted by atomic mass is 16.8. The molecule has 0 radical (unpaired) electrons.